The van der Waals surface area contributed by atoms with Gasteiger partial charge in [0.2, 0.25) is 0 Å². The first-order chi connectivity index (χ1) is 9.13. The van der Waals surface area contributed by atoms with Crippen molar-refractivity contribution in [3.8, 4) is 5.75 Å². The summed E-state index contributed by atoms with van der Waals surface area (Å²) in [7, 11) is 3.71. The molecule has 0 amide bonds. The minimum absolute atomic E-state index is 0.509. The lowest BCUT2D eigenvalue weighted by Gasteiger charge is -2.22. The second-order valence-electron chi connectivity index (χ2n) is 4.26. The molecule has 2 rings (SSSR count). The molecule has 0 fully saturated rings. The number of benzene rings is 1. The van der Waals surface area contributed by atoms with Crippen molar-refractivity contribution >= 4 is 28.6 Å². The maximum absolute atomic E-state index is 5.96. The van der Waals surface area contributed by atoms with Crippen molar-refractivity contribution < 1.29 is 4.74 Å². The van der Waals surface area contributed by atoms with Crippen LogP contribution in [0.1, 0.15) is 10.4 Å². The highest BCUT2D eigenvalue weighted by atomic mass is 35.5. The maximum Gasteiger partial charge on any atom is 0.120 e. The number of nitrogens with two attached hydrogens (primary N) is 1. The molecule has 0 saturated carbocycles. The number of rotatable bonds is 5. The van der Waals surface area contributed by atoms with Crippen molar-refractivity contribution in [2.45, 2.75) is 13.1 Å². The number of thiophene rings is 1. The summed E-state index contributed by atoms with van der Waals surface area (Å²) in [5.41, 5.74) is 7.98. The summed E-state index contributed by atoms with van der Waals surface area (Å²) >= 11 is 7.55. The Morgan fingerprint density at radius 2 is 2.11 bits per heavy atom. The number of hydrogen-bond acceptors (Lipinski definition) is 4. The molecule has 0 atom stereocenters. The highest BCUT2D eigenvalue weighted by Gasteiger charge is 2.10. The van der Waals surface area contributed by atoms with Crippen LogP contribution in [-0.4, -0.2) is 14.2 Å². The average molecular weight is 297 g/mol. The Bertz CT molecular complexity index is 556. The summed E-state index contributed by atoms with van der Waals surface area (Å²) in [6, 6.07) is 9.92. The SMILES string of the molecule is COc1ccc(CN)c(N(C)Cc2ccc(Cl)s2)c1. The van der Waals surface area contributed by atoms with Crippen LogP contribution in [0.15, 0.2) is 30.3 Å². The molecule has 3 nitrogen and oxygen atoms in total. The van der Waals surface area contributed by atoms with Gasteiger partial charge in [0.05, 0.1) is 18.0 Å². The second-order valence-corrected chi connectivity index (χ2v) is 6.06. The number of nitrogens with zero attached hydrogens (tertiary/aromatic N) is 1. The average Bonchev–Trinajstić information content (AvgIpc) is 2.83. The monoisotopic (exact) mass is 296 g/mol. The minimum atomic E-state index is 0.509. The summed E-state index contributed by atoms with van der Waals surface area (Å²) in [5, 5.41) is 0. The van der Waals surface area contributed by atoms with Gasteiger partial charge in [0, 0.05) is 30.2 Å². The molecule has 0 saturated heterocycles. The molecular formula is C14H17ClN2OS. The quantitative estimate of drug-likeness (QED) is 0.918. The zero-order valence-corrected chi connectivity index (χ0v) is 12.6. The largest absolute Gasteiger partial charge is 0.497 e. The smallest absolute Gasteiger partial charge is 0.120 e. The molecule has 0 radical (unpaired) electrons. The second kappa shape index (κ2) is 6.28. The molecule has 2 aromatic rings. The predicted octanol–water partition coefficient (Wildman–Crippen LogP) is 3.51. The van der Waals surface area contributed by atoms with Crippen LogP contribution in [-0.2, 0) is 13.1 Å². The summed E-state index contributed by atoms with van der Waals surface area (Å²) in [6.45, 7) is 1.31. The third-order valence-corrected chi connectivity index (χ3v) is 4.16. The highest BCUT2D eigenvalue weighted by molar-refractivity contribution is 7.16. The Hall–Kier alpha value is -1.23. The van der Waals surface area contributed by atoms with Gasteiger partial charge in [0.15, 0.2) is 0 Å². The van der Waals surface area contributed by atoms with Gasteiger partial charge in [-0.25, -0.2) is 0 Å². The van der Waals surface area contributed by atoms with Gasteiger partial charge in [-0.05, 0) is 23.8 Å². The van der Waals surface area contributed by atoms with E-state index in [1.54, 1.807) is 18.4 Å². The van der Waals surface area contributed by atoms with E-state index in [1.165, 1.54) is 4.88 Å². The fraction of sp³-hybridized carbons (Fsp3) is 0.286. The molecular weight excluding hydrogens is 280 g/mol. The number of hydrogen-bond donors (Lipinski definition) is 1. The third-order valence-electron chi connectivity index (χ3n) is 2.95. The fourth-order valence-corrected chi connectivity index (χ4v) is 3.10. The fourth-order valence-electron chi connectivity index (χ4n) is 1.95. The molecule has 1 heterocycles. The highest BCUT2D eigenvalue weighted by Crippen LogP contribution is 2.28. The molecule has 19 heavy (non-hydrogen) atoms. The normalized spacial score (nSPS) is 10.5. The first-order valence-electron chi connectivity index (χ1n) is 5.96. The Morgan fingerprint density at radius 1 is 1.32 bits per heavy atom. The van der Waals surface area contributed by atoms with E-state index in [-0.39, 0.29) is 0 Å². The predicted molar refractivity (Wildman–Crippen MR) is 82.3 cm³/mol. The lowest BCUT2D eigenvalue weighted by Crippen LogP contribution is -2.18. The molecule has 0 spiro atoms. The van der Waals surface area contributed by atoms with Gasteiger partial charge < -0.3 is 15.4 Å². The van der Waals surface area contributed by atoms with Crippen LogP contribution in [0.3, 0.4) is 0 Å². The van der Waals surface area contributed by atoms with Crippen LogP contribution in [0.2, 0.25) is 4.34 Å². The molecule has 1 aromatic carbocycles. The molecule has 0 bridgehead atoms. The number of anilines is 1. The Balaban J connectivity index is 2.23. The zero-order chi connectivity index (χ0) is 13.8. The third kappa shape index (κ3) is 3.41. The van der Waals surface area contributed by atoms with E-state index in [4.69, 9.17) is 22.1 Å². The lowest BCUT2D eigenvalue weighted by atomic mass is 10.1. The molecule has 0 aliphatic carbocycles. The molecule has 0 aliphatic heterocycles. The first-order valence-corrected chi connectivity index (χ1v) is 7.16. The number of ether oxygens (including phenoxy) is 1. The van der Waals surface area contributed by atoms with E-state index >= 15 is 0 Å². The lowest BCUT2D eigenvalue weighted by molar-refractivity contribution is 0.414. The molecule has 5 heteroatoms. The van der Waals surface area contributed by atoms with Gasteiger partial charge >= 0.3 is 0 Å². The van der Waals surface area contributed by atoms with Crippen LogP contribution < -0.4 is 15.4 Å². The van der Waals surface area contributed by atoms with Crippen molar-refractivity contribution in [2.24, 2.45) is 5.73 Å². The molecule has 102 valence electrons. The van der Waals surface area contributed by atoms with E-state index in [9.17, 15) is 0 Å². The Labute approximate surface area is 122 Å². The van der Waals surface area contributed by atoms with Gasteiger partial charge in [-0.1, -0.05) is 17.7 Å². The van der Waals surface area contributed by atoms with Crippen molar-refractivity contribution in [2.75, 3.05) is 19.1 Å². The molecule has 0 unspecified atom stereocenters. The van der Waals surface area contributed by atoms with Crippen molar-refractivity contribution in [3.05, 3.63) is 45.1 Å². The van der Waals surface area contributed by atoms with E-state index in [1.807, 2.05) is 37.4 Å². The standard InChI is InChI=1S/C14H17ClN2OS/c1-17(9-12-5-6-14(15)19-12)13-7-11(18-2)4-3-10(13)8-16/h3-7H,8-9,16H2,1-2H3. The summed E-state index contributed by atoms with van der Waals surface area (Å²) in [6.07, 6.45) is 0. The number of halogens is 1. The van der Waals surface area contributed by atoms with Crippen LogP contribution in [0.5, 0.6) is 5.75 Å². The topological polar surface area (TPSA) is 38.5 Å². The molecule has 0 aliphatic rings. The van der Waals surface area contributed by atoms with Crippen LogP contribution in [0, 0.1) is 0 Å². The van der Waals surface area contributed by atoms with Gasteiger partial charge in [-0.3, -0.25) is 0 Å². The van der Waals surface area contributed by atoms with Crippen molar-refractivity contribution in [1.82, 2.24) is 0 Å². The minimum Gasteiger partial charge on any atom is -0.497 e. The zero-order valence-electron chi connectivity index (χ0n) is 11.0. The van der Waals surface area contributed by atoms with Crippen molar-refractivity contribution in [1.29, 1.82) is 0 Å². The first kappa shape index (κ1) is 14.2. The summed E-state index contributed by atoms with van der Waals surface area (Å²) in [4.78, 5) is 3.38. The van der Waals surface area contributed by atoms with E-state index in [0.29, 0.717) is 6.54 Å². The van der Waals surface area contributed by atoms with Gasteiger partial charge in [0.1, 0.15) is 5.75 Å². The molecule has 1 aromatic heterocycles. The van der Waals surface area contributed by atoms with Crippen molar-refractivity contribution in [3.63, 3.8) is 0 Å². The van der Waals surface area contributed by atoms with E-state index in [2.05, 4.69) is 4.90 Å². The summed E-state index contributed by atoms with van der Waals surface area (Å²) < 4.78 is 6.09. The summed E-state index contributed by atoms with van der Waals surface area (Å²) in [5.74, 6) is 0.836. The van der Waals surface area contributed by atoms with Crippen LogP contribution >= 0.6 is 22.9 Å². The Morgan fingerprint density at radius 3 is 2.68 bits per heavy atom. The number of methoxy groups -OCH3 is 1. The van der Waals surface area contributed by atoms with Gasteiger partial charge in [0.25, 0.3) is 0 Å². The van der Waals surface area contributed by atoms with E-state index < -0.39 is 0 Å². The van der Waals surface area contributed by atoms with Gasteiger partial charge in [-0.2, -0.15) is 0 Å². The van der Waals surface area contributed by atoms with E-state index in [0.717, 1.165) is 27.9 Å². The van der Waals surface area contributed by atoms with Gasteiger partial charge in [-0.15, -0.1) is 11.3 Å². The molecule has 2 N–H and O–H groups in total. The van der Waals surface area contributed by atoms with Crippen LogP contribution in [0.25, 0.3) is 0 Å². The van der Waals surface area contributed by atoms with Crippen LogP contribution in [0.4, 0.5) is 5.69 Å². The Kier molecular flexibility index (Phi) is 4.69. The maximum atomic E-state index is 5.96.